The van der Waals surface area contributed by atoms with Crippen molar-refractivity contribution in [3.05, 3.63) is 70.8 Å². The Balaban J connectivity index is 2.49. The van der Waals surface area contributed by atoms with Crippen molar-refractivity contribution in [2.45, 2.75) is 0 Å². The Morgan fingerprint density at radius 3 is 2.14 bits per heavy atom. The number of nitrogen functional groups attached to an aromatic ring is 2. The van der Waals surface area contributed by atoms with Gasteiger partial charge in [0.2, 0.25) is 0 Å². The summed E-state index contributed by atoms with van der Waals surface area (Å²) in [5, 5.41) is 0. The van der Waals surface area contributed by atoms with Crippen molar-refractivity contribution >= 4 is 24.0 Å². The normalized spacial score (nSPS) is 10.5. The van der Waals surface area contributed by atoms with E-state index >= 15 is 0 Å². The molecule has 6 heteroatoms. The molecule has 0 atom stereocenters. The highest BCUT2D eigenvalue weighted by molar-refractivity contribution is 6.09. The smallest absolute Gasteiger partial charge is 0.266 e. The third kappa shape index (κ3) is 3.38. The van der Waals surface area contributed by atoms with E-state index in [4.69, 9.17) is 11.7 Å². The second-order valence-electron chi connectivity index (χ2n) is 4.46. The van der Waals surface area contributed by atoms with Gasteiger partial charge in [0.15, 0.2) is 0 Å². The van der Waals surface area contributed by atoms with Crippen molar-refractivity contribution in [3.8, 4) is 0 Å². The van der Waals surface area contributed by atoms with Crippen LogP contribution >= 0.6 is 0 Å². The van der Waals surface area contributed by atoms with Crippen LogP contribution in [0.1, 0.15) is 31.8 Å². The van der Waals surface area contributed by atoms with Gasteiger partial charge in [0.25, 0.3) is 11.8 Å². The highest BCUT2D eigenvalue weighted by Gasteiger charge is 2.18. The van der Waals surface area contributed by atoms with Crippen LogP contribution < -0.4 is 22.5 Å². The van der Waals surface area contributed by atoms with Gasteiger partial charge in [-0.3, -0.25) is 20.4 Å². The van der Waals surface area contributed by atoms with Crippen LogP contribution in [0.4, 0.5) is 0 Å². The van der Waals surface area contributed by atoms with Crippen molar-refractivity contribution in [1.29, 1.82) is 0 Å². The number of carbonyl (C=O) groups excluding carboxylic acids is 2. The lowest BCUT2D eigenvalue weighted by atomic mass is 9.98. The maximum Gasteiger partial charge on any atom is 0.266 e. The minimum Gasteiger partial charge on any atom is -0.290 e. The van der Waals surface area contributed by atoms with E-state index in [-0.39, 0.29) is 11.1 Å². The van der Waals surface area contributed by atoms with Crippen LogP contribution in [-0.2, 0) is 0 Å². The number of rotatable bonds is 4. The molecule has 0 aliphatic rings. The third-order valence-corrected chi connectivity index (χ3v) is 3.09. The Labute approximate surface area is 127 Å². The molecule has 0 aliphatic carbocycles. The lowest BCUT2D eigenvalue weighted by molar-refractivity contribution is 0.0919. The molecule has 0 saturated carbocycles. The van der Waals surface area contributed by atoms with Crippen molar-refractivity contribution in [2.24, 2.45) is 11.7 Å². The van der Waals surface area contributed by atoms with E-state index in [9.17, 15) is 9.59 Å². The van der Waals surface area contributed by atoms with E-state index in [0.29, 0.717) is 5.56 Å². The molecule has 6 N–H and O–H groups in total. The quantitative estimate of drug-likeness (QED) is 0.293. The Hall–Kier alpha value is -2.96. The van der Waals surface area contributed by atoms with Crippen molar-refractivity contribution in [1.82, 2.24) is 10.9 Å². The highest BCUT2D eigenvalue weighted by atomic mass is 16.2. The number of benzene rings is 2. The standard InChI is InChI=1S/C16H16N4O2/c17-19-15(21)13-8-4-7-12(14(13)16(22)20-18)10-9-11-5-2-1-3-6-11/h1-10H,17-18H2,(H,19,21)(H,20,22). The summed E-state index contributed by atoms with van der Waals surface area (Å²) >= 11 is 0. The zero-order valence-corrected chi connectivity index (χ0v) is 11.7. The molecule has 0 fully saturated rings. The molecule has 0 spiro atoms. The van der Waals surface area contributed by atoms with E-state index in [2.05, 4.69) is 0 Å². The van der Waals surface area contributed by atoms with Gasteiger partial charge in [-0.15, -0.1) is 0 Å². The highest BCUT2D eigenvalue weighted by Crippen LogP contribution is 2.18. The van der Waals surface area contributed by atoms with Crippen LogP contribution in [0.2, 0.25) is 0 Å². The molecule has 0 aromatic heterocycles. The monoisotopic (exact) mass is 296 g/mol. The first-order chi connectivity index (χ1) is 10.7. The largest absolute Gasteiger partial charge is 0.290 e. The molecule has 0 unspecified atom stereocenters. The van der Waals surface area contributed by atoms with E-state index in [1.54, 1.807) is 18.2 Å². The minimum absolute atomic E-state index is 0.153. The summed E-state index contributed by atoms with van der Waals surface area (Å²) in [5.74, 6) is 9.23. The third-order valence-electron chi connectivity index (χ3n) is 3.09. The number of carbonyl (C=O) groups is 2. The summed E-state index contributed by atoms with van der Waals surface area (Å²) in [6, 6.07) is 14.5. The molecule has 0 heterocycles. The Kier molecular flexibility index (Phi) is 5.02. The van der Waals surface area contributed by atoms with Gasteiger partial charge < -0.3 is 0 Å². The fourth-order valence-electron chi connectivity index (χ4n) is 2.05. The van der Waals surface area contributed by atoms with Crippen molar-refractivity contribution < 1.29 is 9.59 Å². The Bertz CT molecular complexity index is 711. The van der Waals surface area contributed by atoms with E-state index in [0.717, 1.165) is 5.56 Å². The first-order valence-corrected chi connectivity index (χ1v) is 6.55. The number of hydrogen-bond acceptors (Lipinski definition) is 4. The van der Waals surface area contributed by atoms with Gasteiger partial charge in [0.1, 0.15) is 0 Å². The lowest BCUT2D eigenvalue weighted by Crippen LogP contribution is -2.35. The molecule has 0 radical (unpaired) electrons. The molecule has 112 valence electrons. The summed E-state index contributed by atoms with van der Waals surface area (Å²) in [5.41, 5.74) is 5.91. The zero-order valence-electron chi connectivity index (χ0n) is 11.7. The average molecular weight is 296 g/mol. The van der Waals surface area contributed by atoms with Crippen LogP contribution in [0.25, 0.3) is 12.2 Å². The van der Waals surface area contributed by atoms with Gasteiger partial charge in [-0.1, -0.05) is 54.6 Å². The second kappa shape index (κ2) is 7.16. The Morgan fingerprint density at radius 2 is 1.50 bits per heavy atom. The molecule has 22 heavy (non-hydrogen) atoms. The minimum atomic E-state index is -0.563. The van der Waals surface area contributed by atoms with Gasteiger partial charge in [-0.2, -0.15) is 0 Å². The van der Waals surface area contributed by atoms with Gasteiger partial charge >= 0.3 is 0 Å². The van der Waals surface area contributed by atoms with Crippen molar-refractivity contribution in [3.63, 3.8) is 0 Å². The predicted octanol–water partition coefficient (Wildman–Crippen LogP) is 1.06. The number of hydrogen-bond donors (Lipinski definition) is 4. The zero-order chi connectivity index (χ0) is 15.9. The molecule has 0 saturated heterocycles. The van der Waals surface area contributed by atoms with Crippen LogP contribution in [-0.4, -0.2) is 11.8 Å². The molecular formula is C16H16N4O2. The summed E-state index contributed by atoms with van der Waals surface area (Å²) in [6.07, 6.45) is 3.58. The van der Waals surface area contributed by atoms with Gasteiger partial charge in [0, 0.05) is 0 Å². The SMILES string of the molecule is NNC(=O)c1cccc(C=Cc2ccccc2)c1C(=O)NN. The molecule has 2 rings (SSSR count). The van der Waals surface area contributed by atoms with E-state index < -0.39 is 11.8 Å². The summed E-state index contributed by atoms with van der Waals surface area (Å²) < 4.78 is 0. The summed E-state index contributed by atoms with van der Waals surface area (Å²) in [6.45, 7) is 0. The predicted molar refractivity (Wildman–Crippen MR) is 85.1 cm³/mol. The molecule has 2 aromatic carbocycles. The first-order valence-electron chi connectivity index (χ1n) is 6.55. The number of hydrazine groups is 2. The number of nitrogens with one attached hydrogen (secondary N) is 2. The summed E-state index contributed by atoms with van der Waals surface area (Å²) in [7, 11) is 0. The fourth-order valence-corrected chi connectivity index (χ4v) is 2.05. The van der Waals surface area contributed by atoms with E-state index in [1.165, 1.54) is 6.07 Å². The van der Waals surface area contributed by atoms with Crippen molar-refractivity contribution in [2.75, 3.05) is 0 Å². The summed E-state index contributed by atoms with van der Waals surface area (Å²) in [4.78, 5) is 23.8. The second-order valence-corrected chi connectivity index (χ2v) is 4.46. The van der Waals surface area contributed by atoms with Gasteiger partial charge in [-0.05, 0) is 17.2 Å². The molecule has 0 bridgehead atoms. The van der Waals surface area contributed by atoms with Crippen LogP contribution in [0.5, 0.6) is 0 Å². The van der Waals surface area contributed by atoms with Gasteiger partial charge in [-0.25, -0.2) is 11.7 Å². The Morgan fingerprint density at radius 1 is 0.818 bits per heavy atom. The van der Waals surface area contributed by atoms with E-state index in [1.807, 2.05) is 47.3 Å². The topological polar surface area (TPSA) is 110 Å². The molecule has 0 aliphatic heterocycles. The maximum absolute atomic E-state index is 12.0. The first kappa shape index (κ1) is 15.4. The molecular weight excluding hydrogens is 280 g/mol. The maximum atomic E-state index is 12.0. The molecule has 2 aromatic rings. The molecule has 6 nitrogen and oxygen atoms in total. The number of amides is 2. The van der Waals surface area contributed by atoms with Crippen LogP contribution in [0.15, 0.2) is 48.5 Å². The van der Waals surface area contributed by atoms with Crippen LogP contribution in [0, 0.1) is 0 Å². The van der Waals surface area contributed by atoms with Crippen LogP contribution in [0.3, 0.4) is 0 Å². The number of nitrogens with two attached hydrogens (primary N) is 2. The average Bonchev–Trinajstić information content (AvgIpc) is 2.59. The lowest BCUT2D eigenvalue weighted by Gasteiger charge is -2.10. The molecule has 2 amide bonds. The van der Waals surface area contributed by atoms with Gasteiger partial charge in [0.05, 0.1) is 11.1 Å². The fraction of sp³-hybridized carbons (Fsp3) is 0.